The number of rotatable bonds is 3. The Morgan fingerprint density at radius 3 is 2.62 bits per heavy atom. The quantitative estimate of drug-likeness (QED) is 0.591. The van der Waals surface area contributed by atoms with Crippen molar-refractivity contribution in [2.45, 2.75) is 6.17 Å². The van der Waals surface area contributed by atoms with Crippen molar-refractivity contribution in [3.63, 3.8) is 0 Å². The molecule has 1 atom stereocenters. The van der Waals surface area contributed by atoms with Gasteiger partial charge in [-0.3, -0.25) is 10.1 Å². The van der Waals surface area contributed by atoms with Crippen LogP contribution in [0.2, 0.25) is 0 Å². The topological polar surface area (TPSA) is 104 Å². The molecule has 0 fully saturated rings. The van der Waals surface area contributed by atoms with E-state index in [1.54, 1.807) is 18.2 Å². The van der Waals surface area contributed by atoms with Gasteiger partial charge in [-0.2, -0.15) is 0 Å². The zero-order valence-corrected chi connectivity index (χ0v) is 10.7. The van der Waals surface area contributed by atoms with Crippen molar-refractivity contribution < 1.29 is 14.8 Å². The molecule has 0 saturated carbocycles. The lowest BCUT2D eigenvalue weighted by Gasteiger charge is -2.12. The number of carboxylic acid groups (broad SMARTS) is 1. The average Bonchev–Trinajstić information content (AvgIpc) is 2.90. The summed E-state index contributed by atoms with van der Waals surface area (Å²) in [5.74, 6) is -1.00. The molecule has 1 aliphatic heterocycles. The molecule has 7 nitrogen and oxygen atoms in total. The smallest absolute Gasteiger partial charge is 0.335 e. The van der Waals surface area contributed by atoms with Crippen LogP contribution < -0.4 is 10.6 Å². The minimum Gasteiger partial charge on any atom is -0.478 e. The van der Waals surface area contributed by atoms with Gasteiger partial charge in [-0.25, -0.2) is 4.79 Å². The number of nitrogens with one attached hydrogen (secondary N) is 2. The monoisotopic (exact) mass is 285 g/mol. The molecule has 0 radical (unpaired) electrons. The van der Waals surface area contributed by atoms with Crippen LogP contribution in [0.4, 0.5) is 17.1 Å². The minimum atomic E-state index is -1.00. The summed E-state index contributed by atoms with van der Waals surface area (Å²) in [7, 11) is 0. The van der Waals surface area contributed by atoms with Gasteiger partial charge in [0.15, 0.2) is 0 Å². The first-order valence-electron chi connectivity index (χ1n) is 6.19. The summed E-state index contributed by atoms with van der Waals surface area (Å²) in [5, 5.41) is 26.1. The molecular formula is C14H11N3O4. The first-order chi connectivity index (χ1) is 10.0. The van der Waals surface area contributed by atoms with E-state index < -0.39 is 10.9 Å². The molecule has 0 aliphatic carbocycles. The number of anilines is 2. The number of hydrogen-bond donors (Lipinski definition) is 3. The Balaban J connectivity index is 1.89. The van der Waals surface area contributed by atoms with Gasteiger partial charge in [0, 0.05) is 17.7 Å². The third-order valence-electron chi connectivity index (χ3n) is 3.28. The number of hydrogen-bond acceptors (Lipinski definition) is 5. The summed E-state index contributed by atoms with van der Waals surface area (Å²) >= 11 is 0. The molecule has 2 aromatic carbocycles. The first-order valence-corrected chi connectivity index (χ1v) is 6.19. The van der Waals surface area contributed by atoms with Crippen LogP contribution >= 0.6 is 0 Å². The Labute approximate surface area is 119 Å². The number of benzene rings is 2. The summed E-state index contributed by atoms with van der Waals surface area (Å²) in [6, 6.07) is 11.0. The fraction of sp³-hybridized carbons (Fsp3) is 0.0714. The maximum Gasteiger partial charge on any atom is 0.335 e. The molecule has 0 spiro atoms. The largest absolute Gasteiger partial charge is 0.478 e. The third-order valence-corrected chi connectivity index (χ3v) is 3.28. The second-order valence-electron chi connectivity index (χ2n) is 4.64. The van der Waals surface area contributed by atoms with Gasteiger partial charge in [-0.15, -0.1) is 0 Å². The Morgan fingerprint density at radius 2 is 1.90 bits per heavy atom. The van der Waals surface area contributed by atoms with Gasteiger partial charge < -0.3 is 15.7 Å². The summed E-state index contributed by atoms with van der Waals surface area (Å²) in [6.45, 7) is 0. The molecule has 0 bridgehead atoms. The van der Waals surface area contributed by atoms with Crippen molar-refractivity contribution in [2.24, 2.45) is 0 Å². The molecular weight excluding hydrogens is 274 g/mol. The molecule has 1 aliphatic rings. The number of nitro benzene ring substituents is 1. The third kappa shape index (κ3) is 2.36. The van der Waals surface area contributed by atoms with Crippen LogP contribution in [0.15, 0.2) is 42.5 Å². The van der Waals surface area contributed by atoms with E-state index in [0.717, 1.165) is 5.69 Å². The number of nitrogens with zero attached hydrogens (tertiary/aromatic N) is 1. The van der Waals surface area contributed by atoms with Gasteiger partial charge >= 0.3 is 5.97 Å². The SMILES string of the molecule is O=C(O)c1ccc2c(c1)NC(c1cccc([N+](=O)[O-])c1)N2. The summed E-state index contributed by atoms with van der Waals surface area (Å²) < 4.78 is 0. The van der Waals surface area contributed by atoms with Crippen molar-refractivity contribution in [1.29, 1.82) is 0 Å². The predicted octanol–water partition coefficient (Wildman–Crippen LogP) is 2.83. The molecule has 0 saturated heterocycles. The maximum absolute atomic E-state index is 10.9. The highest BCUT2D eigenvalue weighted by atomic mass is 16.6. The second-order valence-corrected chi connectivity index (χ2v) is 4.64. The van der Waals surface area contributed by atoms with Crippen LogP contribution in [0.1, 0.15) is 22.1 Å². The van der Waals surface area contributed by atoms with E-state index >= 15 is 0 Å². The Morgan fingerprint density at radius 1 is 1.14 bits per heavy atom. The lowest BCUT2D eigenvalue weighted by atomic mass is 10.1. The van der Waals surface area contributed by atoms with Crippen LogP contribution in [-0.2, 0) is 0 Å². The number of nitro groups is 1. The summed E-state index contributed by atoms with van der Waals surface area (Å²) in [4.78, 5) is 21.3. The molecule has 3 rings (SSSR count). The van der Waals surface area contributed by atoms with E-state index in [2.05, 4.69) is 10.6 Å². The predicted molar refractivity (Wildman–Crippen MR) is 76.5 cm³/mol. The highest BCUT2D eigenvalue weighted by molar-refractivity contribution is 5.91. The zero-order valence-electron chi connectivity index (χ0n) is 10.7. The van der Waals surface area contributed by atoms with Crippen molar-refractivity contribution >= 4 is 23.0 Å². The molecule has 0 amide bonds. The van der Waals surface area contributed by atoms with Gasteiger partial charge in [0.05, 0.1) is 21.9 Å². The van der Waals surface area contributed by atoms with E-state index in [0.29, 0.717) is 11.3 Å². The summed E-state index contributed by atoms with van der Waals surface area (Å²) in [5.41, 5.74) is 2.32. The van der Waals surface area contributed by atoms with Crippen molar-refractivity contribution in [2.75, 3.05) is 10.6 Å². The van der Waals surface area contributed by atoms with Crippen LogP contribution in [0.25, 0.3) is 0 Å². The van der Waals surface area contributed by atoms with Crippen molar-refractivity contribution in [3.05, 3.63) is 63.7 Å². The Bertz CT molecular complexity index is 745. The average molecular weight is 285 g/mol. The van der Waals surface area contributed by atoms with E-state index in [9.17, 15) is 14.9 Å². The maximum atomic E-state index is 10.9. The van der Waals surface area contributed by atoms with Gasteiger partial charge in [0.1, 0.15) is 6.17 Å². The number of aromatic carboxylic acids is 1. The van der Waals surface area contributed by atoms with Gasteiger partial charge in [0.2, 0.25) is 0 Å². The summed E-state index contributed by atoms with van der Waals surface area (Å²) in [6.07, 6.45) is -0.330. The number of carbonyl (C=O) groups is 1. The Hall–Kier alpha value is -3.09. The normalized spacial score (nSPS) is 15.7. The number of non-ortho nitro benzene ring substituents is 1. The van der Waals surface area contributed by atoms with Gasteiger partial charge in [0.25, 0.3) is 5.69 Å². The molecule has 1 heterocycles. The Kier molecular flexibility index (Phi) is 2.94. The van der Waals surface area contributed by atoms with Gasteiger partial charge in [-0.1, -0.05) is 12.1 Å². The molecule has 21 heavy (non-hydrogen) atoms. The van der Waals surface area contributed by atoms with Crippen LogP contribution in [0.5, 0.6) is 0 Å². The molecule has 0 aromatic heterocycles. The molecule has 7 heteroatoms. The minimum absolute atomic E-state index is 0.0123. The highest BCUT2D eigenvalue weighted by Crippen LogP contribution is 2.36. The number of fused-ring (bicyclic) bond motifs is 1. The molecule has 106 valence electrons. The van der Waals surface area contributed by atoms with E-state index in [1.165, 1.54) is 24.3 Å². The lowest BCUT2D eigenvalue weighted by molar-refractivity contribution is -0.384. The highest BCUT2D eigenvalue weighted by Gasteiger charge is 2.23. The number of carboxylic acids is 1. The van der Waals surface area contributed by atoms with Crippen LogP contribution in [0.3, 0.4) is 0 Å². The first kappa shape index (κ1) is 12.9. The van der Waals surface area contributed by atoms with Gasteiger partial charge in [-0.05, 0) is 18.2 Å². The molecule has 3 N–H and O–H groups in total. The second kappa shape index (κ2) is 4.78. The lowest BCUT2D eigenvalue weighted by Crippen LogP contribution is -2.12. The zero-order chi connectivity index (χ0) is 15.0. The fourth-order valence-corrected chi connectivity index (χ4v) is 2.25. The van der Waals surface area contributed by atoms with Crippen molar-refractivity contribution in [1.82, 2.24) is 0 Å². The van der Waals surface area contributed by atoms with Crippen LogP contribution in [0, 0.1) is 10.1 Å². The fourth-order valence-electron chi connectivity index (χ4n) is 2.25. The van der Waals surface area contributed by atoms with E-state index in [-0.39, 0.29) is 17.4 Å². The van der Waals surface area contributed by atoms with E-state index in [4.69, 9.17) is 5.11 Å². The molecule has 2 aromatic rings. The standard InChI is InChI=1S/C14H11N3O4/c18-14(19)9-4-5-11-12(7-9)16-13(15-11)8-2-1-3-10(6-8)17(20)21/h1-7,13,15-16H,(H,18,19). The van der Waals surface area contributed by atoms with Crippen LogP contribution in [-0.4, -0.2) is 16.0 Å². The molecule has 1 unspecified atom stereocenters. The van der Waals surface area contributed by atoms with Crippen molar-refractivity contribution in [3.8, 4) is 0 Å². The van der Waals surface area contributed by atoms with E-state index in [1.807, 2.05) is 0 Å².